The Bertz CT molecular complexity index is 680. The Balaban J connectivity index is 1.19. The van der Waals surface area contributed by atoms with Gasteiger partial charge in [0.05, 0.1) is 6.61 Å². The maximum Gasteiger partial charge on any atom is 0.120 e. The number of rotatable bonds is 13. The smallest absolute Gasteiger partial charge is 0.120 e. The van der Waals surface area contributed by atoms with E-state index in [1.807, 2.05) is 42.5 Å². The van der Waals surface area contributed by atoms with Crippen LogP contribution in [-0.4, -0.2) is 31.1 Å². The van der Waals surface area contributed by atoms with Crippen LogP contribution in [0.25, 0.3) is 0 Å². The summed E-state index contributed by atoms with van der Waals surface area (Å²) in [6, 6.07) is 19.1. The highest BCUT2D eigenvalue weighted by molar-refractivity contribution is 5.31. The van der Waals surface area contributed by atoms with Crippen molar-refractivity contribution >= 4 is 0 Å². The Labute approximate surface area is 183 Å². The fourth-order valence-electron chi connectivity index (χ4n) is 4.26. The van der Waals surface area contributed by atoms with Crippen LogP contribution in [-0.2, 0) is 6.61 Å². The van der Waals surface area contributed by atoms with Gasteiger partial charge in [-0.2, -0.15) is 0 Å². The molecule has 0 heterocycles. The highest BCUT2D eigenvalue weighted by atomic mass is 16.5. The van der Waals surface area contributed by atoms with Crippen LogP contribution < -0.4 is 9.47 Å². The summed E-state index contributed by atoms with van der Waals surface area (Å²) < 4.78 is 11.7. The van der Waals surface area contributed by atoms with Gasteiger partial charge in [0.1, 0.15) is 18.1 Å². The minimum absolute atomic E-state index is 0.595. The predicted molar refractivity (Wildman–Crippen MR) is 125 cm³/mol. The van der Waals surface area contributed by atoms with E-state index in [1.165, 1.54) is 69.9 Å². The highest BCUT2D eigenvalue weighted by Crippen LogP contribution is 2.22. The monoisotopic (exact) mass is 409 g/mol. The molecule has 3 nitrogen and oxygen atoms in total. The molecule has 0 atom stereocenters. The van der Waals surface area contributed by atoms with Crippen molar-refractivity contribution in [2.75, 3.05) is 20.2 Å². The Morgan fingerprint density at radius 3 is 2.10 bits per heavy atom. The fraction of sp³-hybridized carbons (Fsp3) is 0.556. The molecular formula is C27H39NO2. The van der Waals surface area contributed by atoms with E-state index in [2.05, 4.69) is 24.1 Å². The van der Waals surface area contributed by atoms with E-state index in [9.17, 15) is 0 Å². The van der Waals surface area contributed by atoms with E-state index in [0.29, 0.717) is 6.61 Å². The molecule has 1 aliphatic rings. The maximum atomic E-state index is 5.88. The third-order valence-corrected chi connectivity index (χ3v) is 6.19. The number of nitrogens with zero attached hydrogens (tertiary/aromatic N) is 1. The zero-order chi connectivity index (χ0) is 20.9. The van der Waals surface area contributed by atoms with E-state index in [1.54, 1.807) is 0 Å². The molecule has 0 bridgehead atoms. The van der Waals surface area contributed by atoms with Crippen LogP contribution in [0, 0.1) is 0 Å². The molecule has 1 fully saturated rings. The van der Waals surface area contributed by atoms with Crippen LogP contribution in [0.4, 0.5) is 0 Å². The van der Waals surface area contributed by atoms with Gasteiger partial charge in [0.15, 0.2) is 0 Å². The van der Waals surface area contributed by atoms with Gasteiger partial charge in [-0.15, -0.1) is 0 Å². The van der Waals surface area contributed by atoms with Crippen molar-refractivity contribution in [3.63, 3.8) is 0 Å². The third kappa shape index (κ3) is 8.39. The van der Waals surface area contributed by atoms with Gasteiger partial charge < -0.3 is 14.4 Å². The first-order valence-corrected chi connectivity index (χ1v) is 11.9. The minimum Gasteiger partial charge on any atom is -0.494 e. The zero-order valence-corrected chi connectivity index (χ0v) is 18.7. The summed E-state index contributed by atoms with van der Waals surface area (Å²) in [5.74, 6) is 1.81. The number of ether oxygens (including phenoxy) is 2. The molecule has 2 aromatic carbocycles. The predicted octanol–water partition coefficient (Wildman–Crippen LogP) is 6.86. The molecule has 3 heteroatoms. The number of hydrogen-bond donors (Lipinski definition) is 0. The first kappa shape index (κ1) is 22.7. The Morgan fingerprint density at radius 1 is 0.733 bits per heavy atom. The summed E-state index contributed by atoms with van der Waals surface area (Å²) in [6.07, 6.45) is 13.5. The Kier molecular flexibility index (Phi) is 10.1. The van der Waals surface area contributed by atoms with Gasteiger partial charge in [-0.05, 0) is 69.1 Å². The largest absolute Gasteiger partial charge is 0.494 e. The molecule has 3 rings (SSSR count). The van der Waals surface area contributed by atoms with E-state index >= 15 is 0 Å². The molecule has 0 aromatic heterocycles. The Hall–Kier alpha value is -2.00. The van der Waals surface area contributed by atoms with E-state index < -0.39 is 0 Å². The Morgan fingerprint density at radius 2 is 1.37 bits per heavy atom. The second-order valence-corrected chi connectivity index (χ2v) is 8.63. The van der Waals surface area contributed by atoms with Crippen molar-refractivity contribution in [1.29, 1.82) is 0 Å². The number of benzene rings is 2. The maximum absolute atomic E-state index is 5.88. The lowest BCUT2D eigenvalue weighted by molar-refractivity contribution is 0.188. The molecule has 164 valence electrons. The lowest BCUT2D eigenvalue weighted by Crippen LogP contribution is -2.34. The summed E-state index contributed by atoms with van der Waals surface area (Å²) >= 11 is 0. The molecule has 0 spiro atoms. The van der Waals surface area contributed by atoms with Gasteiger partial charge >= 0.3 is 0 Å². The van der Waals surface area contributed by atoms with E-state index in [-0.39, 0.29) is 0 Å². The fourth-order valence-corrected chi connectivity index (χ4v) is 4.26. The lowest BCUT2D eigenvalue weighted by Gasteiger charge is -2.31. The van der Waals surface area contributed by atoms with E-state index in [0.717, 1.165) is 30.6 Å². The average molecular weight is 410 g/mol. The zero-order valence-electron chi connectivity index (χ0n) is 18.7. The quantitative estimate of drug-likeness (QED) is 0.337. The standard InChI is InChI=1S/C27H39NO2/c1-28(25-15-9-6-10-16-25)21-11-3-2-4-12-22-29-26-17-19-27(20-18-26)30-23-24-13-7-5-8-14-24/h5,7-8,13-14,17-20,25H,2-4,6,9-12,15-16,21-23H2,1H3. The highest BCUT2D eigenvalue weighted by Gasteiger charge is 2.17. The van der Waals surface area contributed by atoms with Crippen molar-refractivity contribution in [2.45, 2.75) is 76.9 Å². The number of unbranched alkanes of at least 4 members (excludes halogenated alkanes) is 4. The van der Waals surface area contributed by atoms with Crippen LogP contribution in [0.15, 0.2) is 54.6 Å². The molecule has 2 aromatic rings. The van der Waals surface area contributed by atoms with Gasteiger partial charge in [0, 0.05) is 6.04 Å². The van der Waals surface area contributed by atoms with Crippen LogP contribution in [0.5, 0.6) is 11.5 Å². The molecule has 0 amide bonds. The van der Waals surface area contributed by atoms with Gasteiger partial charge in [0.25, 0.3) is 0 Å². The van der Waals surface area contributed by atoms with Gasteiger partial charge in [-0.3, -0.25) is 0 Å². The van der Waals surface area contributed by atoms with Crippen molar-refractivity contribution in [1.82, 2.24) is 4.90 Å². The summed E-state index contributed by atoms with van der Waals surface area (Å²) in [7, 11) is 2.32. The topological polar surface area (TPSA) is 21.7 Å². The summed E-state index contributed by atoms with van der Waals surface area (Å²) in [6.45, 7) is 2.66. The average Bonchev–Trinajstić information content (AvgIpc) is 2.81. The molecule has 1 aliphatic carbocycles. The van der Waals surface area contributed by atoms with Crippen molar-refractivity contribution in [3.05, 3.63) is 60.2 Å². The SMILES string of the molecule is CN(CCCCCCCOc1ccc(OCc2ccccc2)cc1)C1CCCCC1. The third-order valence-electron chi connectivity index (χ3n) is 6.19. The lowest BCUT2D eigenvalue weighted by atomic mass is 9.94. The molecule has 0 unspecified atom stereocenters. The minimum atomic E-state index is 0.595. The number of hydrogen-bond acceptors (Lipinski definition) is 3. The van der Waals surface area contributed by atoms with Crippen LogP contribution in [0.2, 0.25) is 0 Å². The second-order valence-electron chi connectivity index (χ2n) is 8.63. The van der Waals surface area contributed by atoms with E-state index in [4.69, 9.17) is 9.47 Å². The molecule has 0 saturated heterocycles. The molecule has 1 saturated carbocycles. The van der Waals surface area contributed by atoms with Gasteiger partial charge in [-0.1, -0.05) is 68.9 Å². The van der Waals surface area contributed by atoms with Crippen LogP contribution >= 0.6 is 0 Å². The molecular weight excluding hydrogens is 370 g/mol. The van der Waals surface area contributed by atoms with Gasteiger partial charge in [0.2, 0.25) is 0 Å². The first-order chi connectivity index (χ1) is 14.8. The molecule has 30 heavy (non-hydrogen) atoms. The summed E-state index contributed by atoms with van der Waals surface area (Å²) in [5, 5.41) is 0. The first-order valence-electron chi connectivity index (χ1n) is 11.9. The van der Waals surface area contributed by atoms with Crippen LogP contribution in [0.3, 0.4) is 0 Å². The summed E-state index contributed by atoms with van der Waals surface area (Å²) in [4.78, 5) is 2.61. The molecule has 0 radical (unpaired) electrons. The van der Waals surface area contributed by atoms with Gasteiger partial charge in [-0.25, -0.2) is 0 Å². The second kappa shape index (κ2) is 13.3. The molecule has 0 N–H and O–H groups in total. The normalized spacial score (nSPS) is 14.7. The molecule has 0 aliphatic heterocycles. The van der Waals surface area contributed by atoms with Crippen molar-refractivity contribution in [3.8, 4) is 11.5 Å². The summed E-state index contributed by atoms with van der Waals surface area (Å²) in [5.41, 5.74) is 1.18. The van der Waals surface area contributed by atoms with Crippen molar-refractivity contribution in [2.24, 2.45) is 0 Å². The van der Waals surface area contributed by atoms with Crippen LogP contribution in [0.1, 0.15) is 69.8 Å². The van der Waals surface area contributed by atoms with Crippen molar-refractivity contribution < 1.29 is 9.47 Å².